The summed E-state index contributed by atoms with van der Waals surface area (Å²) in [5.41, 5.74) is 0.968. The zero-order valence-corrected chi connectivity index (χ0v) is 11.5. The number of rotatable bonds is 3. The first-order valence-electron chi connectivity index (χ1n) is 5.41. The summed E-state index contributed by atoms with van der Waals surface area (Å²) in [6.45, 7) is 0. The lowest BCUT2D eigenvalue weighted by molar-refractivity contribution is 1.32. The van der Waals surface area contributed by atoms with Gasteiger partial charge in [0.2, 0.25) is 0 Å². The van der Waals surface area contributed by atoms with Crippen molar-refractivity contribution in [2.24, 2.45) is 0 Å². The van der Waals surface area contributed by atoms with Crippen molar-refractivity contribution in [3.05, 3.63) is 48.7 Å². The number of hydrogen-bond donors (Lipinski definition) is 2. The van der Waals surface area contributed by atoms with Gasteiger partial charge in [0.1, 0.15) is 5.82 Å². The maximum atomic E-state index is 5.23. The molecule has 1 aromatic carbocycles. The van der Waals surface area contributed by atoms with E-state index in [4.69, 9.17) is 12.2 Å². The second-order valence-corrected chi connectivity index (χ2v) is 4.81. The number of nitrogens with one attached hydrogen (secondary N) is 2. The summed E-state index contributed by atoms with van der Waals surface area (Å²) in [4.78, 5) is 5.35. The highest BCUT2D eigenvalue weighted by Gasteiger charge is 2.00. The van der Waals surface area contributed by atoms with Crippen molar-refractivity contribution in [3.63, 3.8) is 0 Å². The van der Waals surface area contributed by atoms with Crippen LogP contribution in [0.15, 0.2) is 53.6 Å². The van der Waals surface area contributed by atoms with Crippen molar-refractivity contribution in [1.82, 2.24) is 4.98 Å². The minimum absolute atomic E-state index is 0.534. The molecule has 0 spiro atoms. The lowest BCUT2D eigenvalue weighted by Crippen LogP contribution is -2.19. The first-order valence-corrected chi connectivity index (χ1v) is 7.04. The lowest BCUT2D eigenvalue weighted by atomic mass is 10.3. The Morgan fingerprint density at radius 1 is 1.17 bits per heavy atom. The molecular weight excluding hydrogens is 262 g/mol. The third-order valence-electron chi connectivity index (χ3n) is 2.23. The molecule has 0 bridgehead atoms. The Balaban J connectivity index is 1.99. The Morgan fingerprint density at radius 3 is 2.78 bits per heavy atom. The van der Waals surface area contributed by atoms with Crippen LogP contribution < -0.4 is 10.6 Å². The van der Waals surface area contributed by atoms with Crippen LogP contribution in [0.1, 0.15) is 0 Å². The molecule has 0 aliphatic carbocycles. The predicted octanol–water partition coefficient (Wildman–Crippen LogP) is 3.61. The summed E-state index contributed by atoms with van der Waals surface area (Å²) >= 11 is 6.93. The molecule has 92 valence electrons. The van der Waals surface area contributed by atoms with Gasteiger partial charge in [-0.05, 0) is 48.8 Å². The molecule has 0 saturated carbocycles. The van der Waals surface area contributed by atoms with Crippen molar-refractivity contribution in [1.29, 1.82) is 0 Å². The van der Waals surface area contributed by atoms with E-state index in [0.717, 1.165) is 11.5 Å². The first-order chi connectivity index (χ1) is 8.78. The monoisotopic (exact) mass is 275 g/mol. The van der Waals surface area contributed by atoms with E-state index in [9.17, 15) is 0 Å². The molecule has 0 amide bonds. The van der Waals surface area contributed by atoms with Gasteiger partial charge >= 0.3 is 0 Å². The smallest absolute Gasteiger partial charge is 0.176 e. The van der Waals surface area contributed by atoms with Crippen molar-refractivity contribution >= 4 is 40.6 Å². The van der Waals surface area contributed by atoms with Crippen molar-refractivity contribution in [2.45, 2.75) is 4.90 Å². The van der Waals surface area contributed by atoms with Gasteiger partial charge in [-0.15, -0.1) is 11.8 Å². The number of anilines is 2. The van der Waals surface area contributed by atoms with E-state index in [0.29, 0.717) is 5.11 Å². The molecule has 0 aliphatic heterocycles. The molecular formula is C13H13N3S2. The van der Waals surface area contributed by atoms with E-state index in [1.54, 1.807) is 18.0 Å². The van der Waals surface area contributed by atoms with E-state index >= 15 is 0 Å². The van der Waals surface area contributed by atoms with E-state index < -0.39 is 0 Å². The minimum atomic E-state index is 0.534. The molecule has 2 N–H and O–H groups in total. The van der Waals surface area contributed by atoms with Gasteiger partial charge in [-0.3, -0.25) is 0 Å². The fraction of sp³-hybridized carbons (Fsp3) is 0.0769. The van der Waals surface area contributed by atoms with Crippen LogP contribution in [0.3, 0.4) is 0 Å². The first kappa shape index (κ1) is 12.9. The van der Waals surface area contributed by atoms with E-state index in [1.807, 2.05) is 36.6 Å². The summed E-state index contributed by atoms with van der Waals surface area (Å²) < 4.78 is 0. The van der Waals surface area contributed by atoms with Crippen LogP contribution in [0.5, 0.6) is 0 Å². The minimum Gasteiger partial charge on any atom is -0.332 e. The highest BCUT2D eigenvalue weighted by Crippen LogP contribution is 2.19. The van der Waals surface area contributed by atoms with Gasteiger partial charge in [0, 0.05) is 16.8 Å². The number of thiocarbonyl (C=S) groups is 1. The Bertz CT molecular complexity index is 529. The molecule has 1 heterocycles. The van der Waals surface area contributed by atoms with Crippen LogP contribution in [0.2, 0.25) is 0 Å². The topological polar surface area (TPSA) is 37.0 Å². The number of pyridine rings is 1. The fourth-order valence-corrected chi connectivity index (χ4v) is 2.10. The van der Waals surface area contributed by atoms with Crippen LogP contribution in [-0.4, -0.2) is 16.4 Å². The highest BCUT2D eigenvalue weighted by molar-refractivity contribution is 7.98. The molecule has 2 rings (SSSR count). The molecule has 0 unspecified atom stereocenters. The fourth-order valence-electron chi connectivity index (χ4n) is 1.42. The Morgan fingerprint density at radius 2 is 2.06 bits per heavy atom. The zero-order chi connectivity index (χ0) is 12.8. The molecule has 3 nitrogen and oxygen atoms in total. The SMILES string of the molecule is CSc1cccc(NC(=S)Nc2ccccn2)c1. The number of nitrogens with zero attached hydrogens (tertiary/aromatic N) is 1. The summed E-state index contributed by atoms with van der Waals surface area (Å²) in [5.74, 6) is 0.732. The van der Waals surface area contributed by atoms with Crippen molar-refractivity contribution in [3.8, 4) is 0 Å². The third-order valence-corrected chi connectivity index (χ3v) is 3.16. The van der Waals surface area contributed by atoms with Crippen LogP contribution in [0.25, 0.3) is 0 Å². The molecule has 18 heavy (non-hydrogen) atoms. The van der Waals surface area contributed by atoms with Gasteiger partial charge in [-0.2, -0.15) is 0 Å². The maximum Gasteiger partial charge on any atom is 0.176 e. The molecule has 1 aromatic heterocycles. The Kier molecular flexibility index (Phi) is 4.55. The summed E-state index contributed by atoms with van der Waals surface area (Å²) in [5, 5.41) is 6.70. The molecule has 5 heteroatoms. The van der Waals surface area contributed by atoms with Gasteiger partial charge in [-0.1, -0.05) is 12.1 Å². The molecule has 0 radical (unpaired) electrons. The number of aromatic nitrogens is 1. The molecule has 0 fully saturated rings. The number of benzene rings is 1. The van der Waals surface area contributed by atoms with Gasteiger partial charge < -0.3 is 10.6 Å². The average molecular weight is 275 g/mol. The van der Waals surface area contributed by atoms with Gasteiger partial charge in [0.15, 0.2) is 5.11 Å². The second-order valence-electron chi connectivity index (χ2n) is 3.53. The second kappa shape index (κ2) is 6.37. The van der Waals surface area contributed by atoms with E-state index in [2.05, 4.69) is 27.8 Å². The van der Waals surface area contributed by atoms with E-state index in [1.165, 1.54) is 4.90 Å². The third kappa shape index (κ3) is 3.72. The summed E-state index contributed by atoms with van der Waals surface area (Å²) in [7, 11) is 0. The van der Waals surface area contributed by atoms with Crippen molar-refractivity contribution in [2.75, 3.05) is 16.9 Å². The normalized spacial score (nSPS) is 9.83. The standard InChI is InChI=1S/C13H13N3S2/c1-18-11-6-4-5-10(9-11)15-13(17)16-12-7-2-3-8-14-12/h2-9H,1H3,(H2,14,15,16,17). The van der Waals surface area contributed by atoms with Gasteiger partial charge in [-0.25, -0.2) is 4.98 Å². The van der Waals surface area contributed by atoms with Gasteiger partial charge in [0.25, 0.3) is 0 Å². The molecule has 0 aliphatic rings. The van der Waals surface area contributed by atoms with Crippen LogP contribution in [0.4, 0.5) is 11.5 Å². The summed E-state index contributed by atoms with van der Waals surface area (Å²) in [6, 6.07) is 13.7. The molecule has 0 saturated heterocycles. The highest BCUT2D eigenvalue weighted by atomic mass is 32.2. The summed E-state index contributed by atoms with van der Waals surface area (Å²) in [6.07, 6.45) is 3.77. The van der Waals surface area contributed by atoms with Crippen LogP contribution in [-0.2, 0) is 0 Å². The lowest BCUT2D eigenvalue weighted by Gasteiger charge is -2.10. The zero-order valence-electron chi connectivity index (χ0n) is 9.88. The largest absolute Gasteiger partial charge is 0.332 e. The quantitative estimate of drug-likeness (QED) is 0.661. The van der Waals surface area contributed by atoms with Crippen LogP contribution >= 0.6 is 24.0 Å². The van der Waals surface area contributed by atoms with Crippen molar-refractivity contribution < 1.29 is 0 Å². The number of hydrogen-bond acceptors (Lipinski definition) is 3. The van der Waals surface area contributed by atoms with Gasteiger partial charge in [0.05, 0.1) is 0 Å². The molecule has 2 aromatic rings. The van der Waals surface area contributed by atoms with E-state index in [-0.39, 0.29) is 0 Å². The average Bonchev–Trinajstić information content (AvgIpc) is 2.40. The molecule has 0 atom stereocenters. The van der Waals surface area contributed by atoms with Crippen LogP contribution in [0, 0.1) is 0 Å². The predicted molar refractivity (Wildman–Crippen MR) is 82.3 cm³/mol. The Hall–Kier alpha value is -1.59. The maximum absolute atomic E-state index is 5.23. The number of thioether (sulfide) groups is 1. The Labute approximate surface area is 116 Å².